The molecule has 13 heavy (non-hydrogen) atoms. The molecule has 0 saturated carbocycles. The van der Waals surface area contributed by atoms with Crippen molar-refractivity contribution < 1.29 is 12.6 Å². The zero-order chi connectivity index (χ0) is 9.90. The van der Waals surface area contributed by atoms with E-state index in [9.17, 15) is 8.42 Å². The summed E-state index contributed by atoms with van der Waals surface area (Å²) in [6.07, 6.45) is 1.64. The lowest BCUT2D eigenvalue weighted by atomic mass is 10.2. The van der Waals surface area contributed by atoms with Gasteiger partial charge >= 0.3 is 0 Å². The highest BCUT2D eigenvalue weighted by molar-refractivity contribution is 7.86. The van der Waals surface area contributed by atoms with Crippen LogP contribution in [0.4, 0.5) is 0 Å². The molecule has 1 aromatic carbocycles. The molecule has 0 aromatic heterocycles. The molecule has 0 spiro atoms. The van der Waals surface area contributed by atoms with Crippen LogP contribution in [0.15, 0.2) is 35.7 Å². The van der Waals surface area contributed by atoms with Crippen LogP contribution >= 0.6 is 0 Å². The molecule has 0 bridgehead atoms. The van der Waals surface area contributed by atoms with E-state index in [0.717, 1.165) is 12.7 Å². The fraction of sp³-hybridized carbons (Fsp3) is 0.111. The standard InChI is InChI=1S/C9H10O3S/c1-3-8-4-6-9(7-5-8)13(10,11)12-2/h3-7H,1H2,2H3. The maximum atomic E-state index is 11.2. The number of hydrogen-bond donors (Lipinski definition) is 0. The Balaban J connectivity index is 3.13. The quantitative estimate of drug-likeness (QED) is 0.694. The Morgan fingerprint density at radius 3 is 2.23 bits per heavy atom. The average Bonchev–Trinajstić information content (AvgIpc) is 2.18. The lowest BCUT2D eigenvalue weighted by molar-refractivity contribution is 0.398. The van der Waals surface area contributed by atoms with E-state index in [1.807, 2.05) is 0 Å². The second-order valence-corrected chi connectivity index (χ2v) is 4.11. The van der Waals surface area contributed by atoms with E-state index in [-0.39, 0.29) is 4.90 Å². The first-order valence-electron chi connectivity index (χ1n) is 3.63. The van der Waals surface area contributed by atoms with E-state index in [4.69, 9.17) is 0 Å². The summed E-state index contributed by atoms with van der Waals surface area (Å²) in [7, 11) is -2.42. The fourth-order valence-electron chi connectivity index (χ4n) is 0.867. The highest BCUT2D eigenvalue weighted by Gasteiger charge is 2.11. The molecule has 0 saturated heterocycles. The molecule has 0 aliphatic heterocycles. The average molecular weight is 198 g/mol. The molecule has 0 N–H and O–H groups in total. The Kier molecular flexibility index (Phi) is 2.85. The van der Waals surface area contributed by atoms with Crippen molar-refractivity contribution in [1.29, 1.82) is 0 Å². The molecule has 4 heteroatoms. The molecule has 0 atom stereocenters. The molecule has 3 nitrogen and oxygen atoms in total. The minimum absolute atomic E-state index is 0.153. The lowest BCUT2D eigenvalue weighted by Gasteiger charge is -2.00. The summed E-state index contributed by atoms with van der Waals surface area (Å²) in [5.74, 6) is 0. The first kappa shape index (κ1) is 9.95. The van der Waals surface area contributed by atoms with Crippen molar-refractivity contribution in [2.24, 2.45) is 0 Å². The second-order valence-electron chi connectivity index (χ2n) is 2.39. The number of hydrogen-bond acceptors (Lipinski definition) is 3. The van der Waals surface area contributed by atoms with Gasteiger partial charge in [-0.15, -0.1) is 0 Å². The van der Waals surface area contributed by atoms with Gasteiger partial charge in [-0.3, -0.25) is 4.18 Å². The third-order valence-electron chi connectivity index (χ3n) is 1.62. The lowest BCUT2D eigenvalue weighted by Crippen LogP contribution is -2.02. The summed E-state index contributed by atoms with van der Waals surface area (Å²) in [4.78, 5) is 0.153. The summed E-state index contributed by atoms with van der Waals surface area (Å²) in [6, 6.07) is 6.30. The van der Waals surface area contributed by atoms with E-state index in [1.54, 1.807) is 18.2 Å². The van der Waals surface area contributed by atoms with Crippen molar-refractivity contribution in [2.45, 2.75) is 4.90 Å². The predicted molar refractivity (Wildman–Crippen MR) is 50.7 cm³/mol. The van der Waals surface area contributed by atoms with Crippen molar-refractivity contribution >= 4 is 16.2 Å². The highest BCUT2D eigenvalue weighted by atomic mass is 32.2. The van der Waals surface area contributed by atoms with E-state index in [0.29, 0.717) is 0 Å². The number of benzene rings is 1. The van der Waals surface area contributed by atoms with Crippen LogP contribution in [0.25, 0.3) is 6.08 Å². The summed E-state index contributed by atoms with van der Waals surface area (Å²) in [5, 5.41) is 0. The van der Waals surface area contributed by atoms with Crippen LogP contribution in [0, 0.1) is 0 Å². The first-order valence-corrected chi connectivity index (χ1v) is 5.04. The third kappa shape index (κ3) is 2.17. The Morgan fingerprint density at radius 2 is 1.85 bits per heavy atom. The van der Waals surface area contributed by atoms with Gasteiger partial charge in [0.1, 0.15) is 0 Å². The minimum Gasteiger partial charge on any atom is -0.270 e. The fourth-order valence-corrected chi connectivity index (χ4v) is 1.53. The van der Waals surface area contributed by atoms with Gasteiger partial charge in [0.15, 0.2) is 0 Å². The molecular formula is C9H10O3S. The molecule has 0 radical (unpaired) electrons. The topological polar surface area (TPSA) is 43.4 Å². The molecule has 0 amide bonds. The van der Waals surface area contributed by atoms with Crippen LogP contribution < -0.4 is 0 Å². The van der Waals surface area contributed by atoms with Crippen molar-refractivity contribution in [3.63, 3.8) is 0 Å². The Hall–Kier alpha value is -1.13. The van der Waals surface area contributed by atoms with Crippen molar-refractivity contribution in [3.8, 4) is 0 Å². The maximum absolute atomic E-state index is 11.2. The van der Waals surface area contributed by atoms with Crippen LogP contribution in [0.1, 0.15) is 5.56 Å². The summed E-state index contributed by atoms with van der Waals surface area (Å²) >= 11 is 0. The van der Waals surface area contributed by atoms with E-state index < -0.39 is 10.1 Å². The van der Waals surface area contributed by atoms with Crippen molar-refractivity contribution in [2.75, 3.05) is 7.11 Å². The van der Waals surface area contributed by atoms with Gasteiger partial charge in [0.25, 0.3) is 10.1 Å². The summed E-state index contributed by atoms with van der Waals surface area (Å²) < 4.78 is 26.6. The molecule has 0 unspecified atom stereocenters. The van der Waals surface area contributed by atoms with E-state index in [2.05, 4.69) is 10.8 Å². The summed E-state index contributed by atoms with van der Waals surface area (Å²) in [6.45, 7) is 3.56. The highest BCUT2D eigenvalue weighted by Crippen LogP contribution is 2.12. The van der Waals surface area contributed by atoms with Gasteiger partial charge < -0.3 is 0 Å². The molecule has 1 aromatic rings. The maximum Gasteiger partial charge on any atom is 0.296 e. The Bertz CT molecular complexity index is 389. The SMILES string of the molecule is C=Cc1ccc(S(=O)(=O)OC)cc1. The van der Waals surface area contributed by atoms with Gasteiger partial charge in [-0.2, -0.15) is 8.42 Å². The van der Waals surface area contributed by atoms with Gasteiger partial charge in [0, 0.05) is 0 Å². The molecule has 1 rings (SSSR count). The van der Waals surface area contributed by atoms with Crippen LogP contribution in [0.2, 0.25) is 0 Å². The van der Waals surface area contributed by atoms with Crippen molar-refractivity contribution in [3.05, 3.63) is 36.4 Å². The van der Waals surface area contributed by atoms with Gasteiger partial charge in [-0.05, 0) is 17.7 Å². The molecule has 70 valence electrons. The van der Waals surface area contributed by atoms with Crippen LogP contribution in [0.3, 0.4) is 0 Å². The normalized spacial score (nSPS) is 11.2. The molecule has 0 fully saturated rings. The largest absolute Gasteiger partial charge is 0.296 e. The minimum atomic E-state index is -3.56. The molecule has 0 aliphatic carbocycles. The Morgan fingerprint density at radius 1 is 1.31 bits per heavy atom. The van der Waals surface area contributed by atoms with Crippen LogP contribution in [-0.4, -0.2) is 15.5 Å². The van der Waals surface area contributed by atoms with E-state index in [1.165, 1.54) is 12.1 Å². The second kappa shape index (κ2) is 3.72. The molecular weight excluding hydrogens is 188 g/mol. The number of rotatable bonds is 3. The van der Waals surface area contributed by atoms with Gasteiger partial charge in [0.2, 0.25) is 0 Å². The Labute approximate surface area is 77.8 Å². The zero-order valence-electron chi connectivity index (χ0n) is 7.23. The molecule has 0 heterocycles. The van der Waals surface area contributed by atoms with Crippen LogP contribution in [0.5, 0.6) is 0 Å². The third-order valence-corrected chi connectivity index (χ3v) is 2.91. The predicted octanol–water partition coefficient (Wildman–Crippen LogP) is 1.66. The van der Waals surface area contributed by atoms with Crippen molar-refractivity contribution in [1.82, 2.24) is 0 Å². The smallest absolute Gasteiger partial charge is 0.270 e. The van der Waals surface area contributed by atoms with Gasteiger partial charge in [-0.1, -0.05) is 24.8 Å². The summed E-state index contributed by atoms with van der Waals surface area (Å²) in [5.41, 5.74) is 0.870. The van der Waals surface area contributed by atoms with E-state index >= 15 is 0 Å². The monoisotopic (exact) mass is 198 g/mol. The van der Waals surface area contributed by atoms with Gasteiger partial charge in [0.05, 0.1) is 12.0 Å². The first-order chi connectivity index (χ1) is 6.10. The molecule has 0 aliphatic rings. The van der Waals surface area contributed by atoms with Gasteiger partial charge in [-0.25, -0.2) is 0 Å². The zero-order valence-corrected chi connectivity index (χ0v) is 8.04. The van der Waals surface area contributed by atoms with Crippen LogP contribution in [-0.2, 0) is 14.3 Å².